The van der Waals surface area contributed by atoms with Gasteiger partial charge in [-0.15, -0.1) is 0 Å². The smallest absolute Gasteiger partial charge is 0.316 e. The van der Waals surface area contributed by atoms with Crippen LogP contribution in [0.15, 0.2) is 52.3 Å². The summed E-state index contributed by atoms with van der Waals surface area (Å²) < 4.78 is 44.8. The maximum absolute atomic E-state index is 14.4. The molecule has 2 aliphatic carbocycles. The summed E-state index contributed by atoms with van der Waals surface area (Å²) in [5.74, 6) is -2.92. The second kappa shape index (κ2) is 17.0. The highest BCUT2D eigenvalue weighted by Gasteiger charge is 2.60. The van der Waals surface area contributed by atoms with Gasteiger partial charge in [-0.25, -0.2) is 0 Å². The number of carbonyl (C=O) groups is 1. The van der Waals surface area contributed by atoms with Gasteiger partial charge in [-0.1, -0.05) is 68.6 Å². The summed E-state index contributed by atoms with van der Waals surface area (Å²) in [4.78, 5) is 14.4. The molecule has 0 amide bonds. The van der Waals surface area contributed by atoms with E-state index in [1.165, 1.54) is 6.42 Å². The number of allylic oxidation sites excluding steroid dienone is 2. The molecule has 5 heterocycles. The van der Waals surface area contributed by atoms with Gasteiger partial charge in [0.25, 0.3) is 0 Å². The molecule has 15 atom stereocenters. The first kappa shape index (κ1) is 41.7. The molecule has 7 rings (SSSR count). The number of rotatable bonds is 4. The zero-order chi connectivity index (χ0) is 39.9. The summed E-state index contributed by atoms with van der Waals surface area (Å²) >= 11 is 0. The van der Waals surface area contributed by atoms with E-state index >= 15 is 0 Å². The molecule has 312 valence electrons. The van der Waals surface area contributed by atoms with Crippen LogP contribution in [0.25, 0.3) is 0 Å². The number of methoxy groups -OCH3 is 1. The highest BCUT2D eigenvalue weighted by Crippen LogP contribution is 2.48. The average Bonchev–Trinajstić information content (AvgIpc) is 3.51. The van der Waals surface area contributed by atoms with Crippen molar-refractivity contribution in [2.24, 2.45) is 28.8 Å². The zero-order valence-electron chi connectivity index (χ0n) is 33.7. The van der Waals surface area contributed by atoms with Gasteiger partial charge in [0.15, 0.2) is 12.1 Å². The van der Waals surface area contributed by atoms with Crippen LogP contribution in [0.4, 0.5) is 0 Å². The first-order chi connectivity index (χ1) is 26.8. The number of hydrogen-bond acceptors (Lipinski definition) is 13. The van der Waals surface area contributed by atoms with Crippen molar-refractivity contribution < 1.29 is 58.5 Å². The molecule has 56 heavy (non-hydrogen) atoms. The summed E-state index contributed by atoms with van der Waals surface area (Å²) in [6.07, 6.45) is 10.6. The lowest BCUT2D eigenvalue weighted by molar-refractivity contribution is -0.355. The molecule has 1 spiro atoms. The molecular weight excluding hydrogens is 722 g/mol. The minimum atomic E-state index is -1.88. The van der Waals surface area contributed by atoms with E-state index in [1.807, 2.05) is 26.0 Å². The van der Waals surface area contributed by atoms with Gasteiger partial charge in [-0.05, 0) is 62.7 Å². The van der Waals surface area contributed by atoms with Crippen LogP contribution in [0.5, 0.6) is 0 Å². The van der Waals surface area contributed by atoms with Gasteiger partial charge < -0.3 is 53.7 Å². The second-order valence-corrected chi connectivity index (χ2v) is 17.5. The van der Waals surface area contributed by atoms with Gasteiger partial charge in [-0.2, -0.15) is 0 Å². The van der Waals surface area contributed by atoms with Crippen molar-refractivity contribution in [3.8, 4) is 0 Å². The quantitative estimate of drug-likeness (QED) is 0.130. The molecule has 1 unspecified atom stereocenters. The van der Waals surface area contributed by atoms with Crippen LogP contribution in [0.1, 0.15) is 98.8 Å². The summed E-state index contributed by atoms with van der Waals surface area (Å²) in [6, 6.07) is 0. The summed E-state index contributed by atoms with van der Waals surface area (Å²) in [7, 11) is 1.57. The molecule has 0 aromatic heterocycles. The number of hydrogen-bond donors (Lipinski definition) is 4. The van der Waals surface area contributed by atoms with Crippen molar-refractivity contribution in [1.82, 2.24) is 0 Å². The van der Waals surface area contributed by atoms with Gasteiger partial charge in [0, 0.05) is 44.6 Å². The van der Waals surface area contributed by atoms with Crippen LogP contribution >= 0.6 is 0 Å². The van der Waals surface area contributed by atoms with E-state index in [1.54, 1.807) is 33.1 Å². The SMILES string of the molecule is CO[C@H]1C[C@H](O[C@@H]2C(C)=CC[C@@H]3C[C@@H](CC4(C[C@H](O)[C@H](C)[C@@H](C5CCCCC5)O4)O3)OC(=O)[C@@H]3C=C(C)/C(=N/O)[C@H]4OCC(=CC=C[C@@H]2C)[C@]43O)O[C@@H](C)[C@@H]1O. The number of aliphatic hydroxyl groups excluding tert-OH is 2. The predicted octanol–water partition coefficient (Wildman–Crippen LogP) is 5.04. The van der Waals surface area contributed by atoms with Crippen LogP contribution in [-0.2, 0) is 38.0 Å². The minimum Gasteiger partial charge on any atom is -0.462 e. The Kier molecular flexibility index (Phi) is 12.7. The molecule has 13 heteroatoms. The number of ether oxygens (including phenoxy) is 7. The van der Waals surface area contributed by atoms with Crippen LogP contribution < -0.4 is 0 Å². The van der Waals surface area contributed by atoms with Crippen LogP contribution in [0, 0.1) is 23.7 Å². The van der Waals surface area contributed by atoms with Crippen molar-refractivity contribution in [3.05, 3.63) is 47.1 Å². The number of carbonyl (C=O) groups excluding carboxylic acids is 1. The van der Waals surface area contributed by atoms with E-state index < -0.39 is 78.4 Å². The molecule has 0 radical (unpaired) electrons. The second-order valence-electron chi connectivity index (χ2n) is 17.5. The molecule has 5 fully saturated rings. The lowest BCUT2D eigenvalue weighted by atomic mass is 9.71. The zero-order valence-corrected chi connectivity index (χ0v) is 33.7. The highest BCUT2D eigenvalue weighted by molar-refractivity contribution is 6.06. The maximum Gasteiger partial charge on any atom is 0.316 e. The van der Waals surface area contributed by atoms with Crippen molar-refractivity contribution in [2.45, 2.75) is 171 Å². The lowest BCUT2D eigenvalue weighted by Crippen LogP contribution is -2.60. The highest BCUT2D eigenvalue weighted by atomic mass is 16.7. The fourth-order valence-electron chi connectivity index (χ4n) is 10.4. The lowest BCUT2D eigenvalue weighted by Gasteiger charge is -2.53. The van der Waals surface area contributed by atoms with Gasteiger partial charge >= 0.3 is 5.97 Å². The van der Waals surface area contributed by atoms with E-state index in [9.17, 15) is 25.3 Å². The Morgan fingerprint density at radius 2 is 1.77 bits per heavy atom. The normalized spacial score (nSPS) is 46.2. The minimum absolute atomic E-state index is 0.00607. The van der Waals surface area contributed by atoms with Crippen LogP contribution in [-0.4, -0.2) is 119 Å². The summed E-state index contributed by atoms with van der Waals surface area (Å²) in [5.41, 5.74) is 0.169. The van der Waals surface area contributed by atoms with E-state index in [0.29, 0.717) is 36.3 Å². The molecule has 7 aliphatic rings. The number of nitrogens with zero attached hydrogens (tertiary/aromatic N) is 1. The fraction of sp³-hybridized carbons (Fsp3) is 0.767. The van der Waals surface area contributed by atoms with Crippen LogP contribution in [0.3, 0.4) is 0 Å². The predicted molar refractivity (Wildman–Crippen MR) is 205 cm³/mol. The Bertz CT molecular complexity index is 1590. The number of fused-ring (bicyclic) bond motifs is 2. The van der Waals surface area contributed by atoms with E-state index in [4.69, 9.17) is 33.2 Å². The molecule has 1 saturated carbocycles. The first-order valence-corrected chi connectivity index (χ1v) is 20.8. The number of aliphatic hydroxyl groups is 3. The van der Waals surface area contributed by atoms with E-state index in [2.05, 4.69) is 18.2 Å². The third-order valence-corrected chi connectivity index (χ3v) is 13.7. The fourth-order valence-corrected chi connectivity index (χ4v) is 10.4. The molecule has 4 saturated heterocycles. The Morgan fingerprint density at radius 1 is 1.00 bits per heavy atom. The molecule has 4 N–H and O–H groups in total. The topological polar surface area (TPSA) is 175 Å². The van der Waals surface area contributed by atoms with Crippen molar-refractivity contribution in [2.75, 3.05) is 13.7 Å². The monoisotopic (exact) mass is 785 g/mol. The third kappa shape index (κ3) is 8.09. The molecule has 5 aliphatic heterocycles. The van der Waals surface area contributed by atoms with Gasteiger partial charge in [0.2, 0.25) is 0 Å². The van der Waals surface area contributed by atoms with Crippen LogP contribution in [0.2, 0.25) is 0 Å². The molecule has 0 aromatic carbocycles. The maximum atomic E-state index is 14.4. The van der Waals surface area contributed by atoms with E-state index in [-0.39, 0.29) is 43.1 Å². The largest absolute Gasteiger partial charge is 0.462 e. The Balaban J connectivity index is 1.26. The van der Waals surface area contributed by atoms with Crippen molar-refractivity contribution in [1.29, 1.82) is 0 Å². The molecule has 13 nitrogen and oxygen atoms in total. The third-order valence-electron chi connectivity index (χ3n) is 13.7. The van der Waals surface area contributed by atoms with Gasteiger partial charge in [0.05, 0.1) is 43.2 Å². The van der Waals surface area contributed by atoms with Crippen molar-refractivity contribution >= 4 is 11.7 Å². The van der Waals surface area contributed by atoms with Gasteiger partial charge in [-0.3, -0.25) is 4.79 Å². The standard InChI is InChI=1S/C43H63NO12/c1-23-11-10-14-29-22-51-40-36(44-49)25(3)17-32(43(29,40)48)41(47)53-31-18-30(16-15-24(2)38(23)54-35-19-34(50-6)37(46)27(5)52-35)55-42(20-31)21-33(45)26(4)39(56-42)28-12-8-7-9-13-28/h10-11,14-15,17,23,26-28,30-35,37-40,45-46,48-49H,7-9,12-13,16,18-22H2,1-6H3/b11-10?,24-15?,29-14?,44-36-/t23-,26-,27-,30+,31-,32-,33-,34-,35-,37-,38-,39-,40+,42?,43+/m0/s1. The Labute approximate surface area is 330 Å². The van der Waals surface area contributed by atoms with Gasteiger partial charge in [0.1, 0.15) is 35.5 Å². The number of esters is 1. The van der Waals surface area contributed by atoms with Crippen molar-refractivity contribution in [3.63, 3.8) is 0 Å². The Hall–Kier alpha value is -2.46. The molecule has 0 aromatic rings. The first-order valence-electron chi connectivity index (χ1n) is 20.8. The average molecular weight is 786 g/mol. The number of oxime groups is 1. The summed E-state index contributed by atoms with van der Waals surface area (Å²) in [6.45, 7) is 9.63. The van der Waals surface area contributed by atoms with E-state index in [0.717, 1.165) is 31.3 Å². The molecular formula is C43H63NO12. The molecule has 2 bridgehead atoms. The summed E-state index contributed by atoms with van der Waals surface area (Å²) in [5, 5.41) is 48.2. The Morgan fingerprint density at radius 3 is 2.50 bits per heavy atom.